The zero-order chi connectivity index (χ0) is 48.5. The summed E-state index contributed by atoms with van der Waals surface area (Å²) < 4.78 is 73.3. The van der Waals surface area contributed by atoms with E-state index in [1.807, 2.05) is 36.4 Å². The lowest BCUT2D eigenvalue weighted by Gasteiger charge is -2.29. The van der Waals surface area contributed by atoms with E-state index in [0.717, 1.165) is 129 Å². The summed E-state index contributed by atoms with van der Waals surface area (Å²) in [6.45, 7) is 12.1. The minimum absolute atomic E-state index is 0.126. The lowest BCUT2D eigenvalue weighted by atomic mass is 9.81. The maximum absolute atomic E-state index is 12.3. The largest absolute Gasteiger partial charge is 0.355 e. The third-order valence-corrected chi connectivity index (χ3v) is 14.6. The lowest BCUT2D eigenvalue weighted by molar-refractivity contribution is -0.871. The van der Waals surface area contributed by atoms with Crippen molar-refractivity contribution in [1.29, 1.82) is 0 Å². The molecule has 0 atom stereocenters. The molecular weight excluding hydrogens is 873 g/mol. The van der Waals surface area contributed by atoms with Gasteiger partial charge in [0.25, 0.3) is 20.2 Å². The summed E-state index contributed by atoms with van der Waals surface area (Å²) in [5.74, 6) is 0. The van der Waals surface area contributed by atoms with Gasteiger partial charge in [-0.25, -0.2) is 0 Å². The highest BCUT2D eigenvalue weighted by atomic mass is 32.2. The number of nitrogens with one attached hydrogen (secondary N) is 1. The first-order valence-electron chi connectivity index (χ1n) is 22.7. The Hall–Kier alpha value is -5.06. The van der Waals surface area contributed by atoms with Gasteiger partial charge in [-0.15, -0.1) is 0 Å². The first kappa shape index (κ1) is 50.4. The van der Waals surface area contributed by atoms with Crippen molar-refractivity contribution in [3.63, 3.8) is 0 Å². The molecule has 0 unspecified atom stereocenters. The van der Waals surface area contributed by atoms with Crippen LogP contribution in [0.25, 0.3) is 10.4 Å². The number of anilines is 2. The Kier molecular flexibility index (Phi) is 14.7. The normalized spacial score (nSPS) is 18.6. The van der Waals surface area contributed by atoms with Gasteiger partial charge in [0.1, 0.15) is 0 Å². The average Bonchev–Trinajstić information content (AvgIpc) is 3.56. The molecule has 0 amide bonds. The smallest absolute Gasteiger partial charge is 0.294 e. The maximum Gasteiger partial charge on any atom is 0.294 e. The maximum atomic E-state index is 12.3. The van der Waals surface area contributed by atoms with Gasteiger partial charge < -0.3 is 19.2 Å². The van der Waals surface area contributed by atoms with Crippen molar-refractivity contribution >= 4 is 43.0 Å². The highest BCUT2D eigenvalue weighted by Gasteiger charge is 2.45. The highest BCUT2D eigenvalue weighted by Crippen LogP contribution is 2.49. The molecule has 0 saturated carbocycles. The summed E-state index contributed by atoms with van der Waals surface area (Å²) in [7, 11) is 4.19. The fourth-order valence-electron chi connectivity index (χ4n) is 9.42. The molecule has 0 aromatic heterocycles. The number of allylic oxidation sites excluding steroid dienone is 7. The summed E-state index contributed by atoms with van der Waals surface area (Å²) in [5.41, 5.74) is 18.3. The zero-order valence-electron chi connectivity index (χ0n) is 40.3. The summed E-state index contributed by atoms with van der Waals surface area (Å²) >= 11 is 0. The Morgan fingerprint density at radius 2 is 1.42 bits per heavy atom. The van der Waals surface area contributed by atoms with Crippen LogP contribution >= 0.6 is 0 Å². The molecule has 0 spiro atoms. The van der Waals surface area contributed by atoms with Crippen LogP contribution in [0.15, 0.2) is 122 Å². The average molecular weight is 942 g/mol. The molecule has 3 aliphatic rings. The second kappa shape index (κ2) is 19.3. The van der Waals surface area contributed by atoms with Crippen molar-refractivity contribution in [3.05, 3.63) is 135 Å². The number of nitrogens with zero attached hydrogens (tertiary/aromatic N) is 7. The van der Waals surface area contributed by atoms with E-state index >= 15 is 0 Å². The van der Waals surface area contributed by atoms with E-state index in [1.165, 1.54) is 12.1 Å². The number of rotatable bonds is 18. The van der Waals surface area contributed by atoms with E-state index < -0.39 is 31.1 Å². The lowest BCUT2D eigenvalue weighted by Crippen LogP contribution is -2.37. The molecule has 66 heavy (non-hydrogen) atoms. The van der Waals surface area contributed by atoms with Crippen LogP contribution in [0, 0.1) is 0 Å². The molecule has 14 nitrogen and oxygen atoms in total. The van der Waals surface area contributed by atoms with Crippen molar-refractivity contribution in [3.8, 4) is 0 Å². The second-order valence-electron chi connectivity index (χ2n) is 20.8. The van der Waals surface area contributed by atoms with E-state index in [9.17, 15) is 25.9 Å². The molecule has 6 rings (SSSR count). The van der Waals surface area contributed by atoms with Crippen LogP contribution in [0.2, 0.25) is 0 Å². The number of hydrogen-bond acceptors (Lipinski definition) is 7. The minimum Gasteiger partial charge on any atom is -0.355 e. The summed E-state index contributed by atoms with van der Waals surface area (Å²) in [6, 6.07) is 17.9. The van der Waals surface area contributed by atoms with E-state index in [0.29, 0.717) is 13.0 Å². The molecule has 2 aliphatic heterocycles. The molecule has 0 radical (unpaired) electrons. The fraction of sp³-hybridized carbons (Fsp3) is 0.460. The molecule has 16 heteroatoms. The van der Waals surface area contributed by atoms with Crippen molar-refractivity contribution in [2.45, 2.75) is 86.8 Å². The van der Waals surface area contributed by atoms with Crippen molar-refractivity contribution < 1.29 is 39.5 Å². The number of fused-ring (bicyclic) bond motifs is 2. The van der Waals surface area contributed by atoms with Crippen LogP contribution in [0.3, 0.4) is 0 Å². The van der Waals surface area contributed by atoms with Gasteiger partial charge in [-0.2, -0.15) is 21.4 Å². The summed E-state index contributed by atoms with van der Waals surface area (Å²) in [5, 5.41) is 7.50. The van der Waals surface area contributed by atoms with Gasteiger partial charge in [0.15, 0.2) is 12.3 Å². The summed E-state index contributed by atoms with van der Waals surface area (Å²) in [6.07, 6.45) is 13.7. The van der Waals surface area contributed by atoms with E-state index in [-0.39, 0.29) is 9.79 Å². The van der Waals surface area contributed by atoms with Gasteiger partial charge in [0.2, 0.25) is 5.69 Å². The quantitative estimate of drug-likeness (QED) is 0.0282. The van der Waals surface area contributed by atoms with Crippen LogP contribution in [-0.2, 0) is 37.5 Å². The SMILES string of the molecule is CC1(C)C(=CC=C2CCCC(C=CC3=[N+](CCC[N+](C)(C)C)c4ccc(S(=O)(=O)O)cc4C3(C)C)=C2Nc2ccc(CCN=[N+]=[N-])cc2)N(CCC[N+](C)(C)C)c2ccc(S(=O)(=O)O)cc21. The minimum atomic E-state index is -4.42. The molecule has 0 bridgehead atoms. The van der Waals surface area contributed by atoms with Crippen LogP contribution < -0.4 is 10.2 Å². The molecule has 0 saturated heterocycles. The van der Waals surface area contributed by atoms with Crippen LogP contribution in [0.1, 0.15) is 76.5 Å². The standard InChI is InChI=1S/C50H66N8O6S2/c1-49(2)42-34-40(65(59,60)61)22-24-44(42)55(30-12-32-57(5,6)7)46(49)26-18-37-14-11-15-38(48(37)53-39-20-16-36(17-21-39)28-29-52-54-51)19-27-47-50(3,4)43-35-41(66(62,63)64)23-25-45(43)56(47)31-13-33-58(8,9)10/h16-27,34-35H,11-15,28-33H2,1-10H3/p+3. The van der Waals surface area contributed by atoms with Gasteiger partial charge in [-0.3, -0.25) is 9.11 Å². The van der Waals surface area contributed by atoms with Gasteiger partial charge in [0.05, 0.1) is 77.0 Å². The zero-order valence-corrected chi connectivity index (χ0v) is 42.0. The van der Waals surface area contributed by atoms with Crippen LogP contribution in [0.4, 0.5) is 17.1 Å². The van der Waals surface area contributed by atoms with Crippen molar-refractivity contribution in [2.75, 3.05) is 85.2 Å². The molecule has 3 N–H and O–H groups in total. The predicted octanol–water partition coefficient (Wildman–Crippen LogP) is 9.32. The van der Waals surface area contributed by atoms with E-state index in [4.69, 9.17) is 5.53 Å². The molecule has 1 aliphatic carbocycles. The van der Waals surface area contributed by atoms with Crippen LogP contribution in [0.5, 0.6) is 0 Å². The molecule has 354 valence electrons. The van der Waals surface area contributed by atoms with Gasteiger partial charge in [-0.05, 0) is 116 Å². The first-order valence-corrected chi connectivity index (χ1v) is 25.6. The molecule has 3 aromatic rings. The van der Waals surface area contributed by atoms with Gasteiger partial charge >= 0.3 is 0 Å². The van der Waals surface area contributed by atoms with Gasteiger partial charge in [-0.1, -0.05) is 43.2 Å². The Balaban J connectivity index is 1.48. The first-order chi connectivity index (χ1) is 30.7. The Labute approximate surface area is 392 Å². The number of quaternary nitrogens is 2. The number of benzene rings is 3. The predicted molar refractivity (Wildman–Crippen MR) is 265 cm³/mol. The highest BCUT2D eigenvalue weighted by molar-refractivity contribution is 7.86. The van der Waals surface area contributed by atoms with Gasteiger partial charge in [0, 0.05) is 70.3 Å². The van der Waals surface area contributed by atoms with Crippen molar-refractivity contribution in [1.82, 2.24) is 0 Å². The topological polar surface area (TPSA) is 176 Å². The monoisotopic (exact) mass is 941 g/mol. The Morgan fingerprint density at radius 3 is 2.05 bits per heavy atom. The van der Waals surface area contributed by atoms with Crippen LogP contribution in [-0.4, -0.2) is 120 Å². The number of azide groups is 1. The fourth-order valence-corrected chi connectivity index (χ4v) is 10.4. The Morgan fingerprint density at radius 1 is 0.803 bits per heavy atom. The molecule has 2 heterocycles. The van der Waals surface area contributed by atoms with E-state index in [2.05, 4.69) is 119 Å². The van der Waals surface area contributed by atoms with Crippen molar-refractivity contribution in [2.24, 2.45) is 5.11 Å². The summed E-state index contributed by atoms with van der Waals surface area (Å²) in [4.78, 5) is 4.93. The molecule has 0 fully saturated rings. The third kappa shape index (κ3) is 11.7. The van der Waals surface area contributed by atoms with E-state index in [1.54, 1.807) is 12.1 Å². The molecular formula is C50H69N8O6S2+3. The molecule has 3 aromatic carbocycles. The Bertz CT molecular complexity index is 2780. The number of hydrogen-bond donors (Lipinski definition) is 3. The third-order valence-electron chi connectivity index (χ3n) is 12.9. The second-order valence-corrected chi connectivity index (χ2v) is 23.7.